The maximum atomic E-state index is 13.7. The third-order valence-electron chi connectivity index (χ3n) is 3.96. The van der Waals surface area contributed by atoms with E-state index in [4.69, 9.17) is 0 Å². The van der Waals surface area contributed by atoms with Gasteiger partial charge in [0.1, 0.15) is 6.54 Å². The highest BCUT2D eigenvalue weighted by molar-refractivity contribution is 6.02. The predicted molar refractivity (Wildman–Crippen MR) is 93.5 cm³/mol. The summed E-state index contributed by atoms with van der Waals surface area (Å²) in [4.78, 5) is 25.6. The maximum absolute atomic E-state index is 13.7. The molecule has 0 aliphatic rings. The van der Waals surface area contributed by atoms with Gasteiger partial charge < -0.3 is 10.2 Å². The highest BCUT2D eigenvalue weighted by Gasteiger charge is 2.21. The first-order valence-corrected chi connectivity index (χ1v) is 8.06. The lowest BCUT2D eigenvalue weighted by molar-refractivity contribution is -0.120. The Kier molecular flexibility index (Phi) is 6.02. The van der Waals surface area contributed by atoms with Gasteiger partial charge in [0.05, 0.1) is 11.4 Å². The molecule has 0 bridgehead atoms. The molecule has 0 unspecified atom stereocenters. The SMILES string of the molecule is CCc1cccc(C)c1N(CC(=O)Nc1ccc(F)c(F)c1F)C(C)=O. The first-order valence-electron chi connectivity index (χ1n) is 8.06. The van der Waals surface area contributed by atoms with Crippen molar-refractivity contribution < 1.29 is 22.8 Å². The minimum atomic E-state index is -1.67. The number of nitrogens with one attached hydrogen (secondary N) is 1. The first-order chi connectivity index (χ1) is 12.3. The first kappa shape index (κ1) is 19.5. The van der Waals surface area contributed by atoms with Crippen LogP contribution in [-0.2, 0) is 16.0 Å². The molecule has 0 saturated carbocycles. The molecule has 2 aromatic carbocycles. The summed E-state index contributed by atoms with van der Waals surface area (Å²) in [5.41, 5.74) is 1.82. The van der Waals surface area contributed by atoms with E-state index in [0.29, 0.717) is 18.2 Å². The summed E-state index contributed by atoms with van der Waals surface area (Å²) in [5.74, 6) is -5.60. The lowest BCUT2D eigenvalue weighted by Crippen LogP contribution is -2.37. The second kappa shape index (κ2) is 8.03. The number of nitrogens with zero attached hydrogens (tertiary/aromatic N) is 1. The molecule has 26 heavy (non-hydrogen) atoms. The zero-order valence-electron chi connectivity index (χ0n) is 14.7. The highest BCUT2D eigenvalue weighted by atomic mass is 19.2. The standard InChI is InChI=1S/C19H19F3N2O2/c1-4-13-7-5-6-11(2)19(13)24(12(3)25)10-16(26)23-15-9-8-14(20)17(21)18(15)22/h5-9H,4,10H2,1-3H3,(H,23,26). The van der Waals surface area contributed by atoms with Crippen LogP contribution in [0.3, 0.4) is 0 Å². The minimum Gasteiger partial charge on any atom is -0.322 e. The summed E-state index contributed by atoms with van der Waals surface area (Å²) in [6, 6.07) is 7.16. The molecular weight excluding hydrogens is 345 g/mol. The van der Waals surface area contributed by atoms with Crippen molar-refractivity contribution in [2.45, 2.75) is 27.2 Å². The van der Waals surface area contributed by atoms with Crippen LogP contribution < -0.4 is 10.2 Å². The molecule has 0 aliphatic heterocycles. The average molecular weight is 364 g/mol. The molecular formula is C19H19F3N2O2. The van der Waals surface area contributed by atoms with Crippen molar-refractivity contribution in [1.29, 1.82) is 0 Å². The normalized spacial score (nSPS) is 10.5. The van der Waals surface area contributed by atoms with Gasteiger partial charge >= 0.3 is 0 Å². The zero-order valence-corrected chi connectivity index (χ0v) is 14.7. The molecule has 2 amide bonds. The molecule has 0 aromatic heterocycles. The number of hydrogen-bond acceptors (Lipinski definition) is 2. The Balaban J connectivity index is 2.28. The van der Waals surface area contributed by atoms with Gasteiger partial charge in [-0.25, -0.2) is 13.2 Å². The molecule has 0 spiro atoms. The summed E-state index contributed by atoms with van der Waals surface area (Å²) < 4.78 is 40.0. The van der Waals surface area contributed by atoms with Crippen molar-refractivity contribution in [3.05, 3.63) is 58.9 Å². The van der Waals surface area contributed by atoms with Crippen LogP contribution in [0.25, 0.3) is 0 Å². The molecule has 0 heterocycles. The lowest BCUT2D eigenvalue weighted by atomic mass is 10.0. The summed E-state index contributed by atoms with van der Waals surface area (Å²) in [7, 11) is 0. The van der Waals surface area contributed by atoms with E-state index in [1.165, 1.54) is 11.8 Å². The Labute approximate surface area is 149 Å². The van der Waals surface area contributed by atoms with Crippen LogP contribution in [0.15, 0.2) is 30.3 Å². The van der Waals surface area contributed by atoms with Gasteiger partial charge in [0, 0.05) is 6.92 Å². The molecule has 0 fully saturated rings. The van der Waals surface area contributed by atoms with Crippen molar-refractivity contribution in [2.24, 2.45) is 0 Å². The molecule has 1 N–H and O–H groups in total. The Bertz CT molecular complexity index is 853. The number of anilines is 2. The van der Waals surface area contributed by atoms with Gasteiger partial charge in [0.25, 0.3) is 0 Å². The van der Waals surface area contributed by atoms with Gasteiger partial charge in [-0.05, 0) is 36.6 Å². The van der Waals surface area contributed by atoms with E-state index in [1.807, 2.05) is 32.0 Å². The molecule has 2 rings (SSSR count). The van der Waals surface area contributed by atoms with Gasteiger partial charge in [-0.15, -0.1) is 0 Å². The van der Waals surface area contributed by atoms with E-state index in [1.54, 1.807) is 0 Å². The van der Waals surface area contributed by atoms with Crippen molar-refractivity contribution in [3.63, 3.8) is 0 Å². The summed E-state index contributed by atoms with van der Waals surface area (Å²) in [5, 5.41) is 2.18. The van der Waals surface area contributed by atoms with E-state index in [2.05, 4.69) is 5.32 Å². The Morgan fingerprint density at radius 3 is 2.38 bits per heavy atom. The Morgan fingerprint density at radius 1 is 1.08 bits per heavy atom. The summed E-state index contributed by atoms with van der Waals surface area (Å²) in [6.45, 7) is 4.67. The number of amides is 2. The molecule has 4 nitrogen and oxygen atoms in total. The molecule has 0 saturated heterocycles. The number of rotatable bonds is 5. The van der Waals surface area contributed by atoms with E-state index >= 15 is 0 Å². The summed E-state index contributed by atoms with van der Waals surface area (Å²) >= 11 is 0. The van der Waals surface area contributed by atoms with Crippen LogP contribution >= 0.6 is 0 Å². The second-order valence-electron chi connectivity index (χ2n) is 5.81. The van der Waals surface area contributed by atoms with Crippen LogP contribution in [-0.4, -0.2) is 18.4 Å². The van der Waals surface area contributed by atoms with E-state index in [0.717, 1.165) is 17.2 Å². The predicted octanol–water partition coefficient (Wildman–Crippen LogP) is 3.97. The summed E-state index contributed by atoms with van der Waals surface area (Å²) in [6.07, 6.45) is 0.653. The molecule has 2 aromatic rings. The lowest BCUT2D eigenvalue weighted by Gasteiger charge is -2.25. The van der Waals surface area contributed by atoms with Crippen LogP contribution in [0.2, 0.25) is 0 Å². The number of aryl methyl sites for hydroxylation is 2. The largest absolute Gasteiger partial charge is 0.322 e. The van der Waals surface area contributed by atoms with Crippen molar-refractivity contribution in [2.75, 3.05) is 16.8 Å². The number of hydrogen-bond donors (Lipinski definition) is 1. The number of carbonyl (C=O) groups is 2. The van der Waals surface area contributed by atoms with E-state index < -0.39 is 29.0 Å². The van der Waals surface area contributed by atoms with Gasteiger partial charge in [-0.3, -0.25) is 9.59 Å². The third-order valence-corrected chi connectivity index (χ3v) is 3.96. The minimum absolute atomic E-state index is 0.366. The topological polar surface area (TPSA) is 49.4 Å². The van der Waals surface area contributed by atoms with Crippen LogP contribution in [0.4, 0.5) is 24.5 Å². The number of para-hydroxylation sites is 1. The average Bonchev–Trinajstić information content (AvgIpc) is 2.60. The quantitative estimate of drug-likeness (QED) is 0.817. The number of benzene rings is 2. The Hall–Kier alpha value is -2.83. The molecule has 0 aliphatic carbocycles. The fourth-order valence-corrected chi connectivity index (χ4v) is 2.69. The third kappa shape index (κ3) is 4.04. The van der Waals surface area contributed by atoms with Gasteiger partial charge in [0.2, 0.25) is 11.8 Å². The van der Waals surface area contributed by atoms with Gasteiger partial charge in [-0.2, -0.15) is 0 Å². The van der Waals surface area contributed by atoms with Crippen molar-refractivity contribution in [1.82, 2.24) is 0 Å². The van der Waals surface area contributed by atoms with Gasteiger partial charge in [0.15, 0.2) is 17.5 Å². The smallest absolute Gasteiger partial charge is 0.244 e. The number of carbonyl (C=O) groups excluding carboxylic acids is 2. The zero-order chi connectivity index (χ0) is 19.4. The molecule has 138 valence electrons. The van der Waals surface area contributed by atoms with E-state index in [9.17, 15) is 22.8 Å². The highest BCUT2D eigenvalue weighted by Crippen LogP contribution is 2.26. The molecule has 7 heteroatoms. The fourth-order valence-electron chi connectivity index (χ4n) is 2.69. The van der Waals surface area contributed by atoms with Crippen LogP contribution in [0.5, 0.6) is 0 Å². The fraction of sp³-hybridized carbons (Fsp3) is 0.263. The molecule has 0 radical (unpaired) electrons. The second-order valence-corrected chi connectivity index (χ2v) is 5.81. The maximum Gasteiger partial charge on any atom is 0.244 e. The van der Waals surface area contributed by atoms with Crippen molar-refractivity contribution >= 4 is 23.2 Å². The Morgan fingerprint density at radius 2 is 1.77 bits per heavy atom. The van der Waals surface area contributed by atoms with Crippen LogP contribution in [0, 0.1) is 24.4 Å². The van der Waals surface area contributed by atoms with Crippen molar-refractivity contribution in [3.8, 4) is 0 Å². The van der Waals surface area contributed by atoms with E-state index in [-0.39, 0.29) is 12.5 Å². The van der Waals surface area contributed by atoms with Gasteiger partial charge in [-0.1, -0.05) is 25.1 Å². The monoisotopic (exact) mass is 364 g/mol. The number of halogens is 3. The van der Waals surface area contributed by atoms with Crippen LogP contribution in [0.1, 0.15) is 25.0 Å². The molecule has 0 atom stereocenters.